The number of aryl methyl sites for hydroxylation is 1. The Hall–Kier alpha value is -0.910. The van der Waals surface area contributed by atoms with Gasteiger partial charge in [0.25, 0.3) is 0 Å². The van der Waals surface area contributed by atoms with Crippen LogP contribution in [0.15, 0.2) is 23.1 Å². The van der Waals surface area contributed by atoms with Crippen LogP contribution in [0, 0.1) is 0 Å². The number of carbonyl (C=O) groups excluding carboxylic acids is 1. The first-order valence-electron chi connectivity index (χ1n) is 5.59. The van der Waals surface area contributed by atoms with E-state index >= 15 is 0 Å². The lowest BCUT2D eigenvalue weighted by Gasteiger charge is -2.26. The van der Waals surface area contributed by atoms with Crippen molar-refractivity contribution < 1.29 is 17.9 Å². The van der Waals surface area contributed by atoms with Crippen LogP contribution < -0.4 is 0 Å². The first kappa shape index (κ1) is 13.5. The van der Waals surface area contributed by atoms with Crippen LogP contribution in [0.4, 0.5) is 0 Å². The van der Waals surface area contributed by atoms with E-state index in [2.05, 4.69) is 0 Å². The highest BCUT2D eigenvalue weighted by Crippen LogP contribution is 2.28. The van der Waals surface area contributed by atoms with Crippen molar-refractivity contribution >= 4 is 27.7 Å². The van der Waals surface area contributed by atoms with Gasteiger partial charge in [-0.2, -0.15) is 0 Å². The number of rotatable bonds is 5. The second kappa shape index (κ2) is 5.38. The average Bonchev–Trinajstić information content (AvgIpc) is 2.22. The predicted octanol–water partition coefficient (Wildman–Crippen LogP) is 1.64. The van der Waals surface area contributed by atoms with E-state index < -0.39 is 15.1 Å². The molecular formula is C12H13ClO4S. The molecule has 1 fully saturated rings. The average molecular weight is 289 g/mol. The molecule has 98 valence electrons. The maximum atomic E-state index is 12.1. The fraction of sp³-hybridized carbons (Fsp3) is 0.417. The molecule has 1 heterocycles. The summed E-state index contributed by atoms with van der Waals surface area (Å²) in [4.78, 5) is 10.4. The molecule has 6 heteroatoms. The van der Waals surface area contributed by atoms with Crippen LogP contribution >= 0.6 is 11.6 Å². The Kier molecular flexibility index (Phi) is 4.04. The first-order valence-corrected chi connectivity index (χ1v) is 7.52. The molecule has 18 heavy (non-hydrogen) atoms. The van der Waals surface area contributed by atoms with Crippen LogP contribution in [0.25, 0.3) is 0 Å². The maximum Gasteiger partial charge on any atom is 0.187 e. The minimum atomic E-state index is -3.40. The van der Waals surface area contributed by atoms with Gasteiger partial charge in [0.1, 0.15) is 11.5 Å². The second-order valence-electron chi connectivity index (χ2n) is 4.17. The summed E-state index contributed by atoms with van der Waals surface area (Å²) < 4.78 is 29.2. The molecule has 1 aromatic carbocycles. The van der Waals surface area contributed by atoms with E-state index in [1.54, 1.807) is 12.1 Å². The number of ether oxygens (including phenoxy) is 1. The molecule has 0 amide bonds. The lowest BCUT2D eigenvalue weighted by Crippen LogP contribution is -2.40. The Morgan fingerprint density at radius 3 is 2.61 bits per heavy atom. The molecule has 2 rings (SSSR count). The third-order valence-corrected chi connectivity index (χ3v) is 5.44. The van der Waals surface area contributed by atoms with Gasteiger partial charge in [-0.1, -0.05) is 17.7 Å². The quantitative estimate of drug-likeness (QED) is 0.773. The van der Waals surface area contributed by atoms with Crippen LogP contribution in [0.5, 0.6) is 0 Å². The highest BCUT2D eigenvalue weighted by Gasteiger charge is 2.35. The predicted molar refractivity (Wildman–Crippen MR) is 67.6 cm³/mol. The largest absolute Gasteiger partial charge is 0.379 e. The van der Waals surface area contributed by atoms with Crippen molar-refractivity contribution in [1.29, 1.82) is 0 Å². The molecule has 0 bridgehead atoms. The van der Waals surface area contributed by atoms with Crippen LogP contribution in [-0.4, -0.2) is 33.2 Å². The molecule has 4 nitrogen and oxygen atoms in total. The summed E-state index contributed by atoms with van der Waals surface area (Å²) in [7, 11) is -3.40. The summed E-state index contributed by atoms with van der Waals surface area (Å²) in [6.07, 6.45) is 1.79. The summed E-state index contributed by atoms with van der Waals surface area (Å²) in [6, 6.07) is 4.81. The Labute approximate surface area is 111 Å². The van der Waals surface area contributed by atoms with Gasteiger partial charge in [-0.3, -0.25) is 0 Å². The van der Waals surface area contributed by atoms with Gasteiger partial charge >= 0.3 is 0 Å². The molecule has 1 saturated heterocycles. The third kappa shape index (κ3) is 2.58. The van der Waals surface area contributed by atoms with E-state index in [4.69, 9.17) is 16.3 Å². The van der Waals surface area contributed by atoms with Gasteiger partial charge in [0, 0.05) is 6.42 Å². The highest BCUT2D eigenvalue weighted by molar-refractivity contribution is 7.92. The third-order valence-electron chi connectivity index (χ3n) is 2.90. The summed E-state index contributed by atoms with van der Waals surface area (Å²) in [5.74, 6) is 0. The van der Waals surface area contributed by atoms with Crippen molar-refractivity contribution in [2.24, 2.45) is 0 Å². The number of hydrogen-bond acceptors (Lipinski definition) is 4. The molecule has 0 N–H and O–H groups in total. The zero-order chi connectivity index (χ0) is 13.2. The van der Waals surface area contributed by atoms with Gasteiger partial charge in [-0.25, -0.2) is 8.42 Å². The van der Waals surface area contributed by atoms with Crippen LogP contribution in [-0.2, 0) is 25.8 Å². The van der Waals surface area contributed by atoms with Gasteiger partial charge in [-0.15, -0.1) is 0 Å². The van der Waals surface area contributed by atoms with Crippen LogP contribution in [0.1, 0.15) is 12.0 Å². The molecule has 1 aliphatic rings. The van der Waals surface area contributed by atoms with E-state index in [9.17, 15) is 13.2 Å². The lowest BCUT2D eigenvalue weighted by molar-refractivity contribution is -0.107. The van der Waals surface area contributed by atoms with Gasteiger partial charge in [0.15, 0.2) is 9.84 Å². The summed E-state index contributed by atoms with van der Waals surface area (Å²) in [5, 5.41) is -0.277. The van der Waals surface area contributed by atoms with Crippen molar-refractivity contribution in [2.45, 2.75) is 23.0 Å². The van der Waals surface area contributed by atoms with Crippen molar-refractivity contribution in [3.05, 3.63) is 28.8 Å². The highest BCUT2D eigenvalue weighted by atomic mass is 35.5. The van der Waals surface area contributed by atoms with E-state index in [0.29, 0.717) is 12.8 Å². The zero-order valence-electron chi connectivity index (χ0n) is 9.63. The van der Waals surface area contributed by atoms with Crippen molar-refractivity contribution in [1.82, 2.24) is 0 Å². The molecule has 1 aliphatic heterocycles. The van der Waals surface area contributed by atoms with Crippen molar-refractivity contribution in [3.63, 3.8) is 0 Å². The van der Waals surface area contributed by atoms with E-state index in [-0.39, 0.29) is 23.1 Å². The molecule has 0 radical (unpaired) electrons. The second-order valence-corrected chi connectivity index (χ2v) is 6.78. The SMILES string of the molecule is O=CCCc1ccc(S(=O)(=O)C2COC2)c(Cl)c1. The van der Waals surface area contributed by atoms with Crippen molar-refractivity contribution in [3.8, 4) is 0 Å². The molecule has 0 aliphatic carbocycles. The monoisotopic (exact) mass is 288 g/mol. The van der Waals surface area contributed by atoms with E-state index in [1.165, 1.54) is 6.07 Å². The summed E-state index contributed by atoms with van der Waals surface area (Å²) in [5.41, 5.74) is 0.857. The normalized spacial score (nSPS) is 16.3. The fourth-order valence-corrected chi connectivity index (χ4v) is 3.75. The first-order chi connectivity index (χ1) is 8.55. The maximum absolute atomic E-state index is 12.1. The fourth-order valence-electron chi connectivity index (χ4n) is 1.73. The standard InChI is InChI=1S/C12H13ClO4S/c13-11-6-9(2-1-5-14)3-4-12(11)18(15,16)10-7-17-8-10/h3-6,10H,1-2,7-8H2. The molecule has 0 saturated carbocycles. The molecule has 0 spiro atoms. The van der Waals surface area contributed by atoms with Crippen LogP contribution in [0.2, 0.25) is 5.02 Å². The lowest BCUT2D eigenvalue weighted by atomic mass is 10.1. The molecular weight excluding hydrogens is 276 g/mol. The van der Waals surface area contributed by atoms with Crippen LogP contribution in [0.3, 0.4) is 0 Å². The number of aldehydes is 1. The molecule has 0 aromatic heterocycles. The van der Waals surface area contributed by atoms with Gasteiger partial charge < -0.3 is 9.53 Å². The minimum absolute atomic E-state index is 0.146. The van der Waals surface area contributed by atoms with Gasteiger partial charge in [0.05, 0.1) is 23.1 Å². The zero-order valence-corrected chi connectivity index (χ0v) is 11.2. The number of benzene rings is 1. The molecule has 0 unspecified atom stereocenters. The van der Waals surface area contributed by atoms with E-state index in [0.717, 1.165) is 11.8 Å². The smallest absolute Gasteiger partial charge is 0.187 e. The number of sulfone groups is 1. The molecule has 1 aromatic rings. The Morgan fingerprint density at radius 1 is 1.39 bits per heavy atom. The summed E-state index contributed by atoms with van der Waals surface area (Å²) >= 11 is 6.01. The Bertz CT molecular complexity index is 549. The summed E-state index contributed by atoms with van der Waals surface area (Å²) in [6.45, 7) is 0.455. The minimum Gasteiger partial charge on any atom is -0.379 e. The topological polar surface area (TPSA) is 60.4 Å². The van der Waals surface area contributed by atoms with Crippen molar-refractivity contribution in [2.75, 3.05) is 13.2 Å². The number of halogens is 1. The van der Waals surface area contributed by atoms with Gasteiger partial charge in [0.2, 0.25) is 0 Å². The van der Waals surface area contributed by atoms with E-state index in [1.807, 2.05) is 0 Å². The Balaban J connectivity index is 2.26. The number of carbonyl (C=O) groups is 1. The molecule has 0 atom stereocenters. The number of hydrogen-bond donors (Lipinski definition) is 0. The van der Waals surface area contributed by atoms with Gasteiger partial charge in [-0.05, 0) is 24.1 Å². The Morgan fingerprint density at radius 2 is 2.11 bits per heavy atom.